The zero-order valence-corrected chi connectivity index (χ0v) is 13.9. The summed E-state index contributed by atoms with van der Waals surface area (Å²) in [6.07, 6.45) is 7.27. The molecule has 2 aliphatic rings. The van der Waals surface area contributed by atoms with Gasteiger partial charge in [-0.1, -0.05) is 26.7 Å². The summed E-state index contributed by atoms with van der Waals surface area (Å²) < 4.78 is 5.82. The highest BCUT2D eigenvalue weighted by Gasteiger charge is 2.37. The van der Waals surface area contributed by atoms with E-state index in [0.717, 1.165) is 25.6 Å². The van der Waals surface area contributed by atoms with E-state index in [2.05, 4.69) is 37.9 Å². The van der Waals surface area contributed by atoms with E-state index in [1.807, 2.05) is 0 Å². The molecule has 0 amide bonds. The number of rotatable bonds is 5. The van der Waals surface area contributed by atoms with Crippen LogP contribution in [0.2, 0.25) is 0 Å². The van der Waals surface area contributed by atoms with Crippen LogP contribution in [0.5, 0.6) is 0 Å². The second-order valence-electron chi connectivity index (χ2n) is 6.89. The molecule has 2 fully saturated rings. The Balaban J connectivity index is 2.04. The summed E-state index contributed by atoms with van der Waals surface area (Å²) in [4.78, 5) is 2.74. The Morgan fingerprint density at radius 1 is 1.20 bits per heavy atom. The molecule has 1 aliphatic heterocycles. The van der Waals surface area contributed by atoms with E-state index in [9.17, 15) is 0 Å². The van der Waals surface area contributed by atoms with Crippen LogP contribution in [0, 0.1) is 5.92 Å². The minimum atomic E-state index is 0.389. The average Bonchev–Trinajstić information content (AvgIpc) is 2.44. The highest BCUT2D eigenvalue weighted by molar-refractivity contribution is 4.94. The molecule has 1 N–H and O–H groups in total. The third-order valence-corrected chi connectivity index (χ3v) is 5.17. The van der Waals surface area contributed by atoms with Crippen LogP contribution in [-0.2, 0) is 4.74 Å². The highest BCUT2D eigenvalue weighted by atomic mass is 16.5. The summed E-state index contributed by atoms with van der Waals surface area (Å²) in [6, 6.07) is 1.96. The van der Waals surface area contributed by atoms with Crippen molar-refractivity contribution in [2.24, 2.45) is 5.92 Å². The predicted octanol–water partition coefficient (Wildman–Crippen LogP) is 3.04. The maximum absolute atomic E-state index is 5.82. The zero-order chi connectivity index (χ0) is 14.5. The van der Waals surface area contributed by atoms with Crippen LogP contribution in [0.4, 0.5) is 0 Å². The molecule has 0 spiro atoms. The number of nitrogens with zero attached hydrogens (tertiary/aromatic N) is 1. The lowest BCUT2D eigenvalue weighted by atomic mass is 9.79. The summed E-state index contributed by atoms with van der Waals surface area (Å²) in [7, 11) is 0. The van der Waals surface area contributed by atoms with Gasteiger partial charge in [0.05, 0.1) is 12.7 Å². The van der Waals surface area contributed by atoms with Crippen molar-refractivity contribution in [3.63, 3.8) is 0 Å². The van der Waals surface area contributed by atoms with Gasteiger partial charge in [0.2, 0.25) is 0 Å². The van der Waals surface area contributed by atoms with E-state index in [1.54, 1.807) is 0 Å². The van der Waals surface area contributed by atoms with Crippen molar-refractivity contribution in [1.29, 1.82) is 0 Å². The van der Waals surface area contributed by atoms with Crippen molar-refractivity contribution >= 4 is 0 Å². The molecule has 0 radical (unpaired) electrons. The van der Waals surface area contributed by atoms with Crippen LogP contribution in [0.15, 0.2) is 0 Å². The molecule has 5 atom stereocenters. The van der Waals surface area contributed by atoms with E-state index in [-0.39, 0.29) is 0 Å². The normalized spacial score (nSPS) is 39.9. The van der Waals surface area contributed by atoms with Gasteiger partial charge in [0.15, 0.2) is 0 Å². The molecule has 3 heteroatoms. The number of nitrogens with one attached hydrogen (secondary N) is 1. The van der Waals surface area contributed by atoms with E-state index >= 15 is 0 Å². The Hall–Kier alpha value is -0.120. The molecule has 20 heavy (non-hydrogen) atoms. The largest absolute Gasteiger partial charge is 0.376 e. The topological polar surface area (TPSA) is 24.5 Å². The van der Waals surface area contributed by atoms with Gasteiger partial charge < -0.3 is 10.1 Å². The first kappa shape index (κ1) is 16.3. The fourth-order valence-electron chi connectivity index (χ4n) is 4.16. The lowest BCUT2D eigenvalue weighted by Gasteiger charge is -2.48. The number of ether oxygens (including phenoxy) is 1. The Kier molecular flexibility index (Phi) is 6.31. The first-order valence-corrected chi connectivity index (χ1v) is 8.76. The van der Waals surface area contributed by atoms with Crippen molar-refractivity contribution in [1.82, 2.24) is 10.2 Å². The van der Waals surface area contributed by atoms with Crippen molar-refractivity contribution in [3.8, 4) is 0 Å². The molecular weight excluding hydrogens is 248 g/mol. The molecule has 5 unspecified atom stereocenters. The van der Waals surface area contributed by atoms with Gasteiger partial charge >= 0.3 is 0 Å². The fraction of sp³-hybridized carbons (Fsp3) is 1.00. The number of hydrogen-bond donors (Lipinski definition) is 1. The summed E-state index contributed by atoms with van der Waals surface area (Å²) in [6.45, 7) is 12.2. The van der Waals surface area contributed by atoms with Crippen molar-refractivity contribution in [2.45, 2.75) is 84.0 Å². The Bertz CT molecular complexity index is 284. The smallest absolute Gasteiger partial charge is 0.0674 e. The van der Waals surface area contributed by atoms with Crippen LogP contribution < -0.4 is 5.32 Å². The molecule has 118 valence electrons. The average molecular weight is 282 g/mol. The maximum atomic E-state index is 5.82. The molecule has 1 saturated carbocycles. The van der Waals surface area contributed by atoms with Crippen LogP contribution in [0.3, 0.4) is 0 Å². The first-order chi connectivity index (χ1) is 9.65. The number of hydrogen-bond acceptors (Lipinski definition) is 3. The third-order valence-electron chi connectivity index (χ3n) is 5.17. The van der Waals surface area contributed by atoms with Gasteiger partial charge in [-0.25, -0.2) is 0 Å². The number of morpholine rings is 1. The third kappa shape index (κ3) is 3.96. The van der Waals surface area contributed by atoms with Crippen LogP contribution in [0.1, 0.15) is 59.8 Å². The molecule has 3 nitrogen and oxygen atoms in total. The Morgan fingerprint density at radius 3 is 2.70 bits per heavy atom. The van der Waals surface area contributed by atoms with Gasteiger partial charge in [-0.3, -0.25) is 4.90 Å². The molecular formula is C17H34N2O. The molecule has 0 aromatic rings. The molecule has 0 bridgehead atoms. The minimum Gasteiger partial charge on any atom is -0.376 e. The van der Waals surface area contributed by atoms with Crippen LogP contribution in [0.25, 0.3) is 0 Å². The Morgan fingerprint density at radius 2 is 2.00 bits per heavy atom. The van der Waals surface area contributed by atoms with E-state index < -0.39 is 0 Å². The lowest BCUT2D eigenvalue weighted by molar-refractivity contribution is -0.0800. The molecule has 1 heterocycles. The fourth-order valence-corrected chi connectivity index (χ4v) is 4.16. The maximum Gasteiger partial charge on any atom is 0.0674 e. The van der Waals surface area contributed by atoms with Gasteiger partial charge in [-0.2, -0.15) is 0 Å². The Labute approximate surface area is 125 Å². The van der Waals surface area contributed by atoms with E-state index in [4.69, 9.17) is 4.74 Å². The van der Waals surface area contributed by atoms with Crippen molar-refractivity contribution in [2.75, 3.05) is 19.7 Å². The summed E-state index contributed by atoms with van der Waals surface area (Å²) in [5.41, 5.74) is 0. The minimum absolute atomic E-state index is 0.389. The standard InChI is InChI=1S/C17H34N2O/c1-5-7-15-8-9-16(18-6-2)17(10-15)19-11-14(4)20-12-13(19)3/h13-18H,5-12H2,1-4H3. The lowest BCUT2D eigenvalue weighted by Crippen LogP contribution is -2.60. The second kappa shape index (κ2) is 7.77. The molecule has 0 aromatic carbocycles. The van der Waals surface area contributed by atoms with E-state index in [1.165, 1.54) is 32.1 Å². The molecule has 1 saturated heterocycles. The van der Waals surface area contributed by atoms with Crippen LogP contribution >= 0.6 is 0 Å². The quantitative estimate of drug-likeness (QED) is 0.839. The van der Waals surface area contributed by atoms with Crippen molar-refractivity contribution < 1.29 is 4.74 Å². The predicted molar refractivity (Wildman–Crippen MR) is 85.1 cm³/mol. The van der Waals surface area contributed by atoms with Crippen molar-refractivity contribution in [3.05, 3.63) is 0 Å². The van der Waals surface area contributed by atoms with Gasteiger partial charge in [0.25, 0.3) is 0 Å². The number of likely N-dealkylation sites (N-methyl/N-ethyl adjacent to an activating group) is 1. The highest BCUT2D eigenvalue weighted by Crippen LogP contribution is 2.33. The summed E-state index contributed by atoms with van der Waals surface area (Å²) in [5, 5.41) is 3.75. The molecule has 2 rings (SSSR count). The molecule has 1 aliphatic carbocycles. The first-order valence-electron chi connectivity index (χ1n) is 8.76. The SMILES string of the molecule is CCCC1CCC(NCC)C(N2CC(C)OCC2C)C1. The van der Waals surface area contributed by atoms with Gasteiger partial charge in [0, 0.05) is 24.7 Å². The molecule has 0 aromatic heterocycles. The van der Waals surface area contributed by atoms with Gasteiger partial charge in [-0.15, -0.1) is 0 Å². The van der Waals surface area contributed by atoms with Gasteiger partial charge in [-0.05, 0) is 45.6 Å². The van der Waals surface area contributed by atoms with Crippen LogP contribution in [-0.4, -0.2) is 48.8 Å². The van der Waals surface area contributed by atoms with E-state index in [0.29, 0.717) is 24.2 Å². The zero-order valence-electron chi connectivity index (χ0n) is 13.9. The van der Waals surface area contributed by atoms with Gasteiger partial charge in [0.1, 0.15) is 0 Å². The second-order valence-corrected chi connectivity index (χ2v) is 6.89. The monoisotopic (exact) mass is 282 g/mol. The summed E-state index contributed by atoms with van der Waals surface area (Å²) in [5.74, 6) is 0.935. The summed E-state index contributed by atoms with van der Waals surface area (Å²) >= 11 is 0.